The monoisotopic (exact) mass is 239 g/mol. The summed E-state index contributed by atoms with van der Waals surface area (Å²) in [4.78, 5) is 21.7. The Kier molecular flexibility index (Phi) is 5.10. The first kappa shape index (κ1) is 12.3. The molecule has 7 nitrogen and oxygen atoms in total. The average molecular weight is 239 g/mol. The van der Waals surface area contributed by atoms with E-state index in [1.807, 2.05) is 0 Å². The SMILES string of the molecule is COC(=O)C(CSc1ncccn1)N=[N+]=[N-]. The number of methoxy groups -OCH3 is 1. The summed E-state index contributed by atoms with van der Waals surface area (Å²) in [6.45, 7) is 0. The first-order valence-electron chi connectivity index (χ1n) is 4.29. The van der Waals surface area contributed by atoms with Crippen LogP contribution in [0.2, 0.25) is 0 Å². The van der Waals surface area contributed by atoms with Crippen LogP contribution in [0, 0.1) is 0 Å². The molecule has 1 unspecified atom stereocenters. The van der Waals surface area contributed by atoms with Crippen molar-refractivity contribution in [1.82, 2.24) is 9.97 Å². The molecule has 0 N–H and O–H groups in total. The van der Waals surface area contributed by atoms with Crippen LogP contribution in [-0.2, 0) is 9.53 Å². The fraction of sp³-hybridized carbons (Fsp3) is 0.375. The topological polar surface area (TPSA) is 101 Å². The zero-order chi connectivity index (χ0) is 11.8. The molecule has 1 atom stereocenters. The van der Waals surface area contributed by atoms with E-state index >= 15 is 0 Å². The number of carbonyl (C=O) groups excluding carboxylic acids is 1. The van der Waals surface area contributed by atoms with E-state index in [1.165, 1.54) is 18.9 Å². The Morgan fingerprint density at radius 2 is 2.38 bits per heavy atom. The van der Waals surface area contributed by atoms with Crippen molar-refractivity contribution in [2.75, 3.05) is 12.9 Å². The van der Waals surface area contributed by atoms with Gasteiger partial charge in [-0.05, 0) is 11.6 Å². The summed E-state index contributed by atoms with van der Waals surface area (Å²) < 4.78 is 4.50. The highest BCUT2D eigenvalue weighted by atomic mass is 32.2. The van der Waals surface area contributed by atoms with Gasteiger partial charge in [0.05, 0.1) is 7.11 Å². The van der Waals surface area contributed by atoms with Crippen LogP contribution in [0.4, 0.5) is 0 Å². The number of esters is 1. The Morgan fingerprint density at radius 1 is 1.69 bits per heavy atom. The second-order valence-electron chi connectivity index (χ2n) is 2.59. The molecule has 0 aliphatic heterocycles. The molecule has 0 aliphatic carbocycles. The molecular formula is C8H9N5O2S. The van der Waals surface area contributed by atoms with Crippen molar-refractivity contribution >= 4 is 17.7 Å². The van der Waals surface area contributed by atoms with Gasteiger partial charge < -0.3 is 4.74 Å². The lowest BCUT2D eigenvalue weighted by atomic mass is 10.4. The highest BCUT2D eigenvalue weighted by molar-refractivity contribution is 7.99. The molecule has 0 aromatic carbocycles. The molecule has 0 fully saturated rings. The van der Waals surface area contributed by atoms with Gasteiger partial charge in [0.15, 0.2) is 5.16 Å². The molecular weight excluding hydrogens is 230 g/mol. The van der Waals surface area contributed by atoms with Gasteiger partial charge in [-0.3, -0.25) is 4.79 Å². The summed E-state index contributed by atoms with van der Waals surface area (Å²) in [5.74, 6) is -0.318. The maximum Gasteiger partial charge on any atom is 0.315 e. The third kappa shape index (κ3) is 3.76. The highest BCUT2D eigenvalue weighted by Crippen LogP contribution is 2.14. The zero-order valence-corrected chi connectivity index (χ0v) is 9.29. The van der Waals surface area contributed by atoms with E-state index < -0.39 is 12.0 Å². The van der Waals surface area contributed by atoms with Gasteiger partial charge in [0.25, 0.3) is 0 Å². The van der Waals surface area contributed by atoms with Crippen LogP contribution < -0.4 is 0 Å². The number of carbonyl (C=O) groups is 1. The van der Waals surface area contributed by atoms with Crippen LogP contribution in [0.25, 0.3) is 10.4 Å². The number of nitrogens with zero attached hydrogens (tertiary/aromatic N) is 5. The lowest BCUT2D eigenvalue weighted by Gasteiger charge is -2.06. The number of hydrogen-bond acceptors (Lipinski definition) is 6. The van der Waals surface area contributed by atoms with Gasteiger partial charge in [-0.2, -0.15) is 0 Å². The van der Waals surface area contributed by atoms with Crippen molar-refractivity contribution < 1.29 is 9.53 Å². The Labute approximate surface area is 95.9 Å². The second kappa shape index (κ2) is 6.65. The Bertz CT molecular complexity index is 393. The van der Waals surface area contributed by atoms with Crippen molar-refractivity contribution in [2.24, 2.45) is 5.11 Å². The van der Waals surface area contributed by atoms with E-state index in [2.05, 4.69) is 24.7 Å². The minimum atomic E-state index is -0.858. The third-order valence-corrected chi connectivity index (χ3v) is 2.53. The van der Waals surface area contributed by atoms with Gasteiger partial charge in [0.2, 0.25) is 0 Å². The lowest BCUT2D eigenvalue weighted by Crippen LogP contribution is -2.22. The predicted molar refractivity (Wildman–Crippen MR) is 57.7 cm³/mol. The maximum atomic E-state index is 11.2. The minimum Gasteiger partial charge on any atom is -0.469 e. The van der Waals surface area contributed by atoms with Crippen LogP contribution in [-0.4, -0.2) is 34.8 Å². The first-order valence-corrected chi connectivity index (χ1v) is 5.28. The predicted octanol–water partition coefficient (Wildman–Crippen LogP) is 1.42. The van der Waals surface area contributed by atoms with E-state index in [0.29, 0.717) is 5.16 Å². The quantitative estimate of drug-likeness (QED) is 0.193. The smallest absolute Gasteiger partial charge is 0.315 e. The largest absolute Gasteiger partial charge is 0.469 e. The van der Waals surface area contributed by atoms with Crippen molar-refractivity contribution in [1.29, 1.82) is 0 Å². The summed E-state index contributed by atoms with van der Waals surface area (Å²) in [7, 11) is 1.24. The van der Waals surface area contributed by atoms with Gasteiger partial charge in [0.1, 0.15) is 6.04 Å². The highest BCUT2D eigenvalue weighted by Gasteiger charge is 2.18. The molecule has 0 bridgehead atoms. The van der Waals surface area contributed by atoms with Crippen LogP contribution in [0.15, 0.2) is 28.7 Å². The summed E-state index contributed by atoms with van der Waals surface area (Å²) in [6.07, 6.45) is 3.19. The van der Waals surface area contributed by atoms with Gasteiger partial charge in [-0.25, -0.2) is 9.97 Å². The lowest BCUT2D eigenvalue weighted by molar-refractivity contribution is -0.141. The van der Waals surface area contributed by atoms with E-state index in [9.17, 15) is 4.79 Å². The Morgan fingerprint density at radius 3 is 2.94 bits per heavy atom. The Balaban J connectivity index is 2.57. The second-order valence-corrected chi connectivity index (χ2v) is 3.57. The molecule has 8 heteroatoms. The summed E-state index contributed by atoms with van der Waals surface area (Å²) in [6, 6.07) is 0.832. The van der Waals surface area contributed by atoms with Crippen LogP contribution in [0.5, 0.6) is 0 Å². The zero-order valence-electron chi connectivity index (χ0n) is 8.48. The van der Waals surface area contributed by atoms with Crippen molar-refractivity contribution in [3.8, 4) is 0 Å². The number of azide groups is 1. The normalized spacial score (nSPS) is 11.3. The van der Waals surface area contributed by atoms with Crippen LogP contribution in [0.3, 0.4) is 0 Å². The minimum absolute atomic E-state index is 0.251. The number of rotatable bonds is 5. The molecule has 0 aliphatic rings. The summed E-state index contributed by atoms with van der Waals surface area (Å²) in [5, 5.41) is 3.86. The number of hydrogen-bond donors (Lipinski definition) is 0. The number of aromatic nitrogens is 2. The average Bonchev–Trinajstić information content (AvgIpc) is 2.34. The van der Waals surface area contributed by atoms with E-state index in [0.717, 1.165) is 0 Å². The van der Waals surface area contributed by atoms with E-state index in [-0.39, 0.29) is 5.75 Å². The van der Waals surface area contributed by atoms with Crippen molar-refractivity contribution in [2.45, 2.75) is 11.2 Å². The maximum absolute atomic E-state index is 11.2. The van der Waals surface area contributed by atoms with Gasteiger partial charge in [-0.15, -0.1) is 0 Å². The molecule has 1 aromatic heterocycles. The van der Waals surface area contributed by atoms with E-state index in [1.54, 1.807) is 18.5 Å². The molecule has 1 aromatic rings. The fourth-order valence-electron chi connectivity index (χ4n) is 0.860. The number of thioether (sulfide) groups is 1. The van der Waals surface area contributed by atoms with Crippen molar-refractivity contribution in [3.63, 3.8) is 0 Å². The molecule has 84 valence electrons. The van der Waals surface area contributed by atoms with Gasteiger partial charge in [-0.1, -0.05) is 16.9 Å². The molecule has 0 spiro atoms. The molecule has 0 saturated heterocycles. The third-order valence-electron chi connectivity index (χ3n) is 1.58. The summed E-state index contributed by atoms with van der Waals surface area (Å²) in [5.41, 5.74) is 8.29. The molecule has 1 rings (SSSR count). The molecule has 0 saturated carbocycles. The summed E-state index contributed by atoms with van der Waals surface area (Å²) >= 11 is 1.22. The number of ether oxygens (including phenoxy) is 1. The molecule has 0 amide bonds. The van der Waals surface area contributed by atoms with Crippen molar-refractivity contribution in [3.05, 3.63) is 28.9 Å². The van der Waals surface area contributed by atoms with Crippen LogP contribution in [0.1, 0.15) is 0 Å². The molecule has 1 heterocycles. The van der Waals surface area contributed by atoms with Crippen LogP contribution >= 0.6 is 11.8 Å². The van der Waals surface area contributed by atoms with Gasteiger partial charge in [0, 0.05) is 23.1 Å². The first-order chi connectivity index (χ1) is 7.77. The standard InChI is InChI=1S/C8H9N5O2S/c1-15-7(14)6(12-13-9)5-16-8-10-3-2-4-11-8/h2-4,6H,5H2,1H3. The molecule has 0 radical (unpaired) electrons. The van der Waals surface area contributed by atoms with Gasteiger partial charge >= 0.3 is 5.97 Å². The van der Waals surface area contributed by atoms with E-state index in [4.69, 9.17) is 5.53 Å². The fourth-order valence-corrected chi connectivity index (χ4v) is 1.64. The Hall–Kier alpha value is -1.79. The molecule has 16 heavy (non-hydrogen) atoms.